The van der Waals surface area contributed by atoms with E-state index in [0.29, 0.717) is 5.88 Å². The zero-order valence-corrected chi connectivity index (χ0v) is 8.99. The number of anilines is 1. The zero-order chi connectivity index (χ0) is 9.97. The Labute approximate surface area is 90.0 Å². The molecule has 0 saturated heterocycles. The van der Waals surface area contributed by atoms with Crippen molar-refractivity contribution in [2.24, 2.45) is 0 Å². The molecule has 2 aromatic rings. The first-order valence-corrected chi connectivity index (χ1v) is 5.00. The molecule has 1 aromatic carbocycles. The van der Waals surface area contributed by atoms with Gasteiger partial charge in [0, 0.05) is 6.42 Å². The van der Waals surface area contributed by atoms with Crippen LogP contribution in [0.1, 0.15) is 11.3 Å². The van der Waals surface area contributed by atoms with Crippen LogP contribution < -0.4 is 5.73 Å². The topological polar surface area (TPSA) is 52.0 Å². The van der Waals surface area contributed by atoms with E-state index in [1.165, 1.54) is 5.56 Å². The van der Waals surface area contributed by atoms with Crippen LogP contribution in [0, 0.1) is 0 Å². The molecule has 0 spiro atoms. The number of nitrogen functional groups attached to an aromatic ring is 1. The molecule has 0 atom stereocenters. The van der Waals surface area contributed by atoms with Crippen molar-refractivity contribution in [1.82, 2.24) is 5.16 Å². The summed E-state index contributed by atoms with van der Waals surface area (Å²) in [7, 11) is 0. The highest BCUT2D eigenvalue weighted by molar-refractivity contribution is 9.10. The maximum atomic E-state index is 5.52. The van der Waals surface area contributed by atoms with Gasteiger partial charge in [-0.15, -0.1) is 0 Å². The van der Waals surface area contributed by atoms with Gasteiger partial charge in [-0.3, -0.25) is 0 Å². The summed E-state index contributed by atoms with van der Waals surface area (Å²) < 4.78 is 5.60. The van der Waals surface area contributed by atoms with Crippen LogP contribution in [0.15, 0.2) is 39.3 Å². The van der Waals surface area contributed by atoms with Crippen molar-refractivity contribution in [2.75, 3.05) is 5.73 Å². The second kappa shape index (κ2) is 3.84. The Hall–Kier alpha value is -1.29. The first-order chi connectivity index (χ1) is 6.77. The molecule has 0 unspecified atom stereocenters. The van der Waals surface area contributed by atoms with E-state index in [9.17, 15) is 0 Å². The van der Waals surface area contributed by atoms with Crippen LogP contribution in [0.5, 0.6) is 0 Å². The molecule has 0 bridgehead atoms. The molecule has 0 aliphatic carbocycles. The number of aromatic nitrogens is 1. The van der Waals surface area contributed by atoms with Gasteiger partial charge in [-0.05, 0) is 21.5 Å². The highest BCUT2D eigenvalue weighted by atomic mass is 79.9. The predicted molar refractivity (Wildman–Crippen MR) is 57.9 cm³/mol. The zero-order valence-electron chi connectivity index (χ0n) is 7.40. The lowest BCUT2D eigenvalue weighted by Crippen LogP contribution is -1.89. The molecular formula is C10H9BrN2O. The SMILES string of the molecule is Nc1onc(Cc2ccccc2)c1Br. The van der Waals surface area contributed by atoms with E-state index < -0.39 is 0 Å². The molecule has 1 aromatic heterocycles. The average Bonchev–Trinajstić information content (AvgIpc) is 2.52. The molecule has 0 aliphatic heterocycles. The van der Waals surface area contributed by atoms with Crippen LogP contribution in [0.25, 0.3) is 0 Å². The largest absolute Gasteiger partial charge is 0.367 e. The molecule has 0 fully saturated rings. The number of halogens is 1. The third-order valence-corrected chi connectivity index (χ3v) is 2.79. The molecular weight excluding hydrogens is 244 g/mol. The lowest BCUT2D eigenvalue weighted by atomic mass is 10.1. The van der Waals surface area contributed by atoms with Crippen LogP contribution in [-0.2, 0) is 6.42 Å². The molecule has 2 N–H and O–H groups in total. The fourth-order valence-electron chi connectivity index (χ4n) is 1.23. The van der Waals surface area contributed by atoms with E-state index in [1.54, 1.807) is 0 Å². The van der Waals surface area contributed by atoms with Crippen molar-refractivity contribution >= 4 is 21.8 Å². The standard InChI is InChI=1S/C10H9BrN2O/c11-9-8(13-14-10(9)12)6-7-4-2-1-3-5-7/h1-5H,6,12H2. The normalized spacial score (nSPS) is 10.4. The maximum absolute atomic E-state index is 5.52. The predicted octanol–water partition coefficient (Wildman–Crippen LogP) is 2.61. The van der Waals surface area contributed by atoms with Crippen LogP contribution in [0.2, 0.25) is 0 Å². The summed E-state index contributed by atoms with van der Waals surface area (Å²) >= 11 is 3.33. The Morgan fingerprint density at radius 3 is 2.57 bits per heavy atom. The molecule has 0 aliphatic rings. The number of nitrogens with two attached hydrogens (primary N) is 1. The Bertz CT molecular complexity index is 425. The lowest BCUT2D eigenvalue weighted by Gasteiger charge is -1.96. The van der Waals surface area contributed by atoms with Crippen LogP contribution in [0.4, 0.5) is 5.88 Å². The minimum absolute atomic E-state index is 0.330. The molecule has 3 nitrogen and oxygen atoms in total. The van der Waals surface area contributed by atoms with Crippen LogP contribution in [-0.4, -0.2) is 5.16 Å². The number of benzene rings is 1. The van der Waals surface area contributed by atoms with E-state index in [0.717, 1.165) is 16.6 Å². The summed E-state index contributed by atoms with van der Waals surface area (Å²) in [6.07, 6.45) is 0.724. The van der Waals surface area contributed by atoms with Crippen molar-refractivity contribution in [3.05, 3.63) is 46.1 Å². The van der Waals surface area contributed by atoms with Crippen molar-refractivity contribution in [3.63, 3.8) is 0 Å². The fourth-order valence-corrected chi connectivity index (χ4v) is 1.51. The Morgan fingerprint density at radius 2 is 2.00 bits per heavy atom. The van der Waals surface area contributed by atoms with Crippen molar-refractivity contribution < 1.29 is 4.52 Å². The first kappa shape index (κ1) is 9.27. The van der Waals surface area contributed by atoms with Crippen molar-refractivity contribution in [1.29, 1.82) is 0 Å². The van der Waals surface area contributed by atoms with Crippen molar-refractivity contribution in [2.45, 2.75) is 6.42 Å². The Balaban J connectivity index is 2.23. The minimum Gasteiger partial charge on any atom is -0.367 e. The summed E-state index contributed by atoms with van der Waals surface area (Å²) in [5.74, 6) is 0.330. The molecule has 0 radical (unpaired) electrons. The van der Waals surface area contributed by atoms with E-state index in [1.807, 2.05) is 30.3 Å². The highest BCUT2D eigenvalue weighted by Crippen LogP contribution is 2.25. The summed E-state index contributed by atoms with van der Waals surface area (Å²) in [5.41, 5.74) is 7.53. The van der Waals surface area contributed by atoms with Gasteiger partial charge in [-0.25, -0.2) is 0 Å². The minimum atomic E-state index is 0.330. The molecule has 14 heavy (non-hydrogen) atoms. The van der Waals surface area contributed by atoms with Gasteiger partial charge in [0.05, 0.1) is 0 Å². The van der Waals surface area contributed by atoms with Gasteiger partial charge >= 0.3 is 0 Å². The molecule has 2 rings (SSSR count). The maximum Gasteiger partial charge on any atom is 0.236 e. The van der Waals surface area contributed by atoms with Gasteiger partial charge in [0.1, 0.15) is 10.2 Å². The van der Waals surface area contributed by atoms with E-state index >= 15 is 0 Å². The Kier molecular flexibility index (Phi) is 2.54. The monoisotopic (exact) mass is 252 g/mol. The fraction of sp³-hybridized carbons (Fsp3) is 0.100. The van der Waals surface area contributed by atoms with Crippen LogP contribution >= 0.6 is 15.9 Å². The lowest BCUT2D eigenvalue weighted by molar-refractivity contribution is 0.429. The van der Waals surface area contributed by atoms with Gasteiger partial charge in [0.2, 0.25) is 5.88 Å². The Morgan fingerprint density at radius 1 is 1.29 bits per heavy atom. The van der Waals surface area contributed by atoms with Crippen LogP contribution in [0.3, 0.4) is 0 Å². The second-order valence-electron chi connectivity index (χ2n) is 2.97. The summed E-state index contributed by atoms with van der Waals surface area (Å²) in [6.45, 7) is 0. The molecule has 72 valence electrons. The number of hydrogen-bond donors (Lipinski definition) is 1. The van der Waals surface area contributed by atoms with Gasteiger partial charge < -0.3 is 10.3 Å². The van der Waals surface area contributed by atoms with E-state index in [2.05, 4.69) is 21.1 Å². The third kappa shape index (κ3) is 1.80. The number of rotatable bonds is 2. The molecule has 0 amide bonds. The van der Waals surface area contributed by atoms with E-state index in [4.69, 9.17) is 10.3 Å². The third-order valence-electron chi connectivity index (χ3n) is 1.94. The number of hydrogen-bond acceptors (Lipinski definition) is 3. The summed E-state index contributed by atoms with van der Waals surface area (Å²) in [5, 5.41) is 3.86. The second-order valence-corrected chi connectivity index (χ2v) is 3.76. The van der Waals surface area contributed by atoms with Gasteiger partial charge in [-0.1, -0.05) is 35.5 Å². The first-order valence-electron chi connectivity index (χ1n) is 4.21. The van der Waals surface area contributed by atoms with Gasteiger partial charge in [-0.2, -0.15) is 0 Å². The van der Waals surface area contributed by atoms with Gasteiger partial charge in [0.25, 0.3) is 0 Å². The van der Waals surface area contributed by atoms with E-state index in [-0.39, 0.29) is 0 Å². The summed E-state index contributed by atoms with van der Waals surface area (Å²) in [4.78, 5) is 0. The summed E-state index contributed by atoms with van der Waals surface area (Å²) in [6, 6.07) is 10.0. The van der Waals surface area contributed by atoms with Gasteiger partial charge in [0.15, 0.2) is 0 Å². The van der Waals surface area contributed by atoms with Crippen molar-refractivity contribution in [3.8, 4) is 0 Å². The quantitative estimate of drug-likeness (QED) is 0.894. The molecule has 1 heterocycles. The highest BCUT2D eigenvalue weighted by Gasteiger charge is 2.10. The molecule has 0 saturated carbocycles. The average molecular weight is 253 g/mol. The molecule has 4 heteroatoms. The smallest absolute Gasteiger partial charge is 0.236 e. The number of nitrogens with zero attached hydrogens (tertiary/aromatic N) is 1.